The summed E-state index contributed by atoms with van der Waals surface area (Å²) in [6.07, 6.45) is 6.01. The van der Waals surface area contributed by atoms with Gasteiger partial charge in [0.25, 0.3) is 0 Å². The molecule has 6 rings (SSSR count). The van der Waals surface area contributed by atoms with Crippen molar-refractivity contribution in [3.05, 3.63) is 47.2 Å². The van der Waals surface area contributed by atoms with Crippen LogP contribution in [0.2, 0.25) is 0 Å². The number of anilines is 2. The Morgan fingerprint density at radius 2 is 1.90 bits per heavy atom. The Balaban J connectivity index is 1.32. The zero-order valence-corrected chi connectivity index (χ0v) is 24.2. The SMILES string of the molecule is CN1C(=O)CCc2cc(-c3ccccc3-c3nc(N(C(=O)[C@@H](CC(=O)O)CC4CCOCC4)C4CC4)sc3F)cnc21. The summed E-state index contributed by atoms with van der Waals surface area (Å²) >= 11 is 0.824. The van der Waals surface area contributed by atoms with Gasteiger partial charge in [-0.3, -0.25) is 24.2 Å². The van der Waals surface area contributed by atoms with Gasteiger partial charge in [0.05, 0.1) is 6.42 Å². The van der Waals surface area contributed by atoms with Crippen molar-refractivity contribution in [3.8, 4) is 22.4 Å². The minimum atomic E-state index is -1.02. The molecule has 3 aliphatic rings. The number of halogens is 1. The third kappa shape index (κ3) is 5.80. The number of hydrogen-bond donors (Lipinski definition) is 1. The van der Waals surface area contributed by atoms with E-state index in [1.807, 2.05) is 24.3 Å². The number of carbonyl (C=O) groups excluding carboxylic acids is 2. The van der Waals surface area contributed by atoms with Gasteiger partial charge >= 0.3 is 5.97 Å². The van der Waals surface area contributed by atoms with E-state index in [9.17, 15) is 19.5 Å². The van der Waals surface area contributed by atoms with Crippen LogP contribution in [-0.2, 0) is 25.5 Å². The Kier molecular flexibility index (Phi) is 8.04. The molecule has 11 heteroatoms. The molecule has 2 amide bonds. The number of hydrogen-bond acceptors (Lipinski definition) is 7. The predicted molar refractivity (Wildman–Crippen MR) is 157 cm³/mol. The maximum Gasteiger partial charge on any atom is 0.304 e. The average molecular weight is 593 g/mol. The number of ether oxygens (including phenoxy) is 1. The lowest BCUT2D eigenvalue weighted by Gasteiger charge is -2.29. The van der Waals surface area contributed by atoms with Crippen molar-refractivity contribution in [2.75, 3.05) is 30.1 Å². The van der Waals surface area contributed by atoms with Crippen LogP contribution in [0, 0.1) is 17.0 Å². The number of pyridine rings is 1. The van der Waals surface area contributed by atoms with Crippen LogP contribution in [0.25, 0.3) is 22.4 Å². The number of rotatable bonds is 9. The maximum atomic E-state index is 15.7. The lowest BCUT2D eigenvalue weighted by atomic mass is 9.86. The molecule has 0 unspecified atom stereocenters. The molecule has 9 nitrogen and oxygen atoms in total. The molecule has 1 atom stereocenters. The number of aromatic nitrogens is 2. The molecule has 1 aliphatic carbocycles. The fourth-order valence-electron chi connectivity index (χ4n) is 5.99. The molecule has 1 saturated carbocycles. The van der Waals surface area contributed by atoms with Crippen LogP contribution in [-0.4, -0.2) is 59.2 Å². The number of nitrogens with zero attached hydrogens (tertiary/aromatic N) is 4. The first-order valence-electron chi connectivity index (χ1n) is 14.4. The van der Waals surface area contributed by atoms with E-state index in [1.54, 1.807) is 29.1 Å². The van der Waals surface area contributed by atoms with Crippen LogP contribution in [0.1, 0.15) is 50.5 Å². The Labute approximate surface area is 247 Å². The second-order valence-electron chi connectivity index (χ2n) is 11.3. The van der Waals surface area contributed by atoms with Gasteiger partial charge in [0.2, 0.25) is 16.9 Å². The summed E-state index contributed by atoms with van der Waals surface area (Å²) in [5.41, 5.74) is 3.20. The number of aryl methyl sites for hydroxylation is 1. The first kappa shape index (κ1) is 28.4. The van der Waals surface area contributed by atoms with E-state index < -0.39 is 17.0 Å². The topological polar surface area (TPSA) is 113 Å². The van der Waals surface area contributed by atoms with Gasteiger partial charge in [-0.25, -0.2) is 9.97 Å². The smallest absolute Gasteiger partial charge is 0.304 e. The monoisotopic (exact) mass is 592 g/mol. The molecule has 1 N–H and O–H groups in total. The van der Waals surface area contributed by atoms with Gasteiger partial charge in [-0.2, -0.15) is 4.39 Å². The van der Waals surface area contributed by atoms with Crippen molar-refractivity contribution in [2.45, 2.75) is 57.4 Å². The van der Waals surface area contributed by atoms with Gasteiger partial charge in [0.1, 0.15) is 11.5 Å². The van der Waals surface area contributed by atoms with Crippen LogP contribution in [0.3, 0.4) is 0 Å². The van der Waals surface area contributed by atoms with E-state index in [2.05, 4.69) is 9.97 Å². The minimum absolute atomic E-state index is 0.0216. The van der Waals surface area contributed by atoms with E-state index in [4.69, 9.17) is 4.74 Å². The van der Waals surface area contributed by atoms with E-state index in [-0.39, 0.29) is 41.0 Å². The molecule has 3 aromatic rings. The zero-order valence-electron chi connectivity index (χ0n) is 23.4. The molecule has 0 radical (unpaired) electrons. The lowest BCUT2D eigenvalue weighted by Crippen LogP contribution is -2.40. The van der Waals surface area contributed by atoms with Gasteiger partial charge in [-0.1, -0.05) is 35.6 Å². The Morgan fingerprint density at radius 3 is 2.62 bits per heavy atom. The summed E-state index contributed by atoms with van der Waals surface area (Å²) in [7, 11) is 1.71. The zero-order chi connectivity index (χ0) is 29.4. The van der Waals surface area contributed by atoms with Crippen molar-refractivity contribution in [1.82, 2.24) is 9.97 Å². The Morgan fingerprint density at radius 1 is 1.17 bits per heavy atom. The number of fused-ring (bicyclic) bond motifs is 1. The molecule has 4 heterocycles. The van der Waals surface area contributed by atoms with Crippen molar-refractivity contribution < 1.29 is 28.6 Å². The highest BCUT2D eigenvalue weighted by atomic mass is 32.1. The molecule has 2 aromatic heterocycles. The van der Waals surface area contributed by atoms with Crippen molar-refractivity contribution >= 4 is 40.1 Å². The number of carbonyl (C=O) groups is 3. The lowest BCUT2D eigenvalue weighted by molar-refractivity contribution is -0.141. The number of carboxylic acids is 1. The normalized spacial score (nSPS) is 18.0. The summed E-state index contributed by atoms with van der Waals surface area (Å²) in [4.78, 5) is 50.1. The maximum absolute atomic E-state index is 15.7. The standard InChI is InChI=1S/C31H33FN4O5S/c1-35-25(37)9-6-19-15-21(17-33-29(19)35)23-4-2-3-5-24(23)27-28(32)42-31(34-27)36(22-7-8-22)30(40)20(16-26(38)39)14-18-10-12-41-13-11-18/h2-5,15,17-18,20,22H,6-14,16H2,1H3,(H,38,39)/t20-/m1/s1. The molecule has 1 aromatic carbocycles. The first-order valence-corrected chi connectivity index (χ1v) is 15.3. The molecule has 0 bridgehead atoms. The highest BCUT2D eigenvalue weighted by Crippen LogP contribution is 2.42. The quantitative estimate of drug-likeness (QED) is 0.358. The molecular formula is C31H33FN4O5S. The predicted octanol–water partition coefficient (Wildman–Crippen LogP) is 5.32. The molecule has 220 valence electrons. The van der Waals surface area contributed by atoms with Gasteiger partial charge in [-0.15, -0.1) is 0 Å². The largest absolute Gasteiger partial charge is 0.481 e. The molecular weight excluding hydrogens is 559 g/mol. The molecule has 1 saturated heterocycles. The number of amides is 2. The van der Waals surface area contributed by atoms with Crippen molar-refractivity contribution in [1.29, 1.82) is 0 Å². The van der Waals surface area contributed by atoms with Gasteiger partial charge in [-0.05, 0) is 61.6 Å². The van der Waals surface area contributed by atoms with Gasteiger partial charge < -0.3 is 9.84 Å². The molecule has 2 fully saturated rings. The van der Waals surface area contributed by atoms with Crippen LogP contribution in [0.4, 0.5) is 15.3 Å². The summed E-state index contributed by atoms with van der Waals surface area (Å²) < 4.78 is 21.1. The third-order valence-corrected chi connectivity index (χ3v) is 9.24. The number of aliphatic carboxylic acids is 1. The van der Waals surface area contributed by atoms with Crippen LogP contribution < -0.4 is 9.80 Å². The highest BCUT2D eigenvalue weighted by molar-refractivity contribution is 7.14. The second kappa shape index (κ2) is 11.9. The van der Waals surface area contributed by atoms with Crippen molar-refractivity contribution in [2.24, 2.45) is 11.8 Å². The minimum Gasteiger partial charge on any atom is -0.481 e. The van der Waals surface area contributed by atoms with E-state index in [0.717, 1.165) is 53.7 Å². The Bertz CT molecular complexity index is 1520. The molecule has 2 aliphatic heterocycles. The van der Waals surface area contributed by atoms with Crippen LogP contribution >= 0.6 is 11.3 Å². The molecule has 0 spiro atoms. The first-order chi connectivity index (χ1) is 20.3. The van der Waals surface area contributed by atoms with Gasteiger partial charge in [0, 0.05) is 56.0 Å². The Hall–Kier alpha value is -3.70. The summed E-state index contributed by atoms with van der Waals surface area (Å²) in [6.45, 7) is 1.22. The van der Waals surface area contributed by atoms with E-state index >= 15 is 4.39 Å². The summed E-state index contributed by atoms with van der Waals surface area (Å²) in [6, 6.07) is 9.25. The summed E-state index contributed by atoms with van der Waals surface area (Å²) in [5.74, 6) is -1.16. The van der Waals surface area contributed by atoms with Crippen LogP contribution in [0.15, 0.2) is 36.5 Å². The van der Waals surface area contributed by atoms with E-state index in [0.29, 0.717) is 43.9 Å². The average Bonchev–Trinajstić information content (AvgIpc) is 3.75. The number of benzene rings is 1. The van der Waals surface area contributed by atoms with Crippen molar-refractivity contribution in [3.63, 3.8) is 0 Å². The third-order valence-electron chi connectivity index (χ3n) is 8.40. The van der Waals surface area contributed by atoms with Gasteiger partial charge in [0.15, 0.2) is 5.13 Å². The van der Waals surface area contributed by atoms with E-state index in [1.165, 1.54) is 0 Å². The number of carboxylic acid groups (broad SMARTS) is 1. The second-order valence-corrected chi connectivity index (χ2v) is 12.3. The fraction of sp³-hybridized carbons (Fsp3) is 0.452. The number of thiazole rings is 1. The van der Waals surface area contributed by atoms with Crippen LogP contribution in [0.5, 0.6) is 0 Å². The molecule has 42 heavy (non-hydrogen) atoms. The fourth-order valence-corrected chi connectivity index (χ4v) is 6.88. The summed E-state index contributed by atoms with van der Waals surface area (Å²) in [5, 5.41) is 9.37. The highest BCUT2D eigenvalue weighted by Gasteiger charge is 2.40.